The van der Waals surface area contributed by atoms with Crippen molar-refractivity contribution in [3.8, 4) is 0 Å². The molecule has 0 atom stereocenters. The van der Waals surface area contributed by atoms with Gasteiger partial charge < -0.3 is 5.32 Å². The van der Waals surface area contributed by atoms with Crippen molar-refractivity contribution in [2.45, 2.75) is 9.79 Å². The van der Waals surface area contributed by atoms with Gasteiger partial charge in [0.2, 0.25) is 10.0 Å². The van der Waals surface area contributed by atoms with Crippen molar-refractivity contribution in [3.63, 3.8) is 0 Å². The summed E-state index contributed by atoms with van der Waals surface area (Å²) in [4.78, 5) is 12.8. The summed E-state index contributed by atoms with van der Waals surface area (Å²) in [6, 6.07) is 12.6. The molecule has 21 heavy (non-hydrogen) atoms. The van der Waals surface area contributed by atoms with E-state index in [2.05, 4.69) is 5.32 Å². The van der Waals surface area contributed by atoms with Gasteiger partial charge in [-0.3, -0.25) is 4.79 Å². The SMILES string of the molecule is NS(=O)(=O)c1ccc(NC(=O)c2ccccc2S[S])cc1. The molecule has 0 unspecified atom stereocenters. The van der Waals surface area contributed by atoms with Crippen LogP contribution in [0.3, 0.4) is 0 Å². The number of primary sulfonamides is 1. The Balaban J connectivity index is 2.20. The van der Waals surface area contributed by atoms with Crippen molar-refractivity contribution >= 4 is 44.1 Å². The average Bonchev–Trinajstić information content (AvgIpc) is 2.46. The first kappa shape index (κ1) is 15.9. The monoisotopic (exact) mass is 339 g/mol. The molecule has 0 heterocycles. The standard InChI is InChI=1S/C13H11N2O3S3/c14-21(17,18)10-7-5-9(6-8-10)15-13(16)11-3-1-2-4-12(11)20-19/h1-8H,(H,15,16)(H2,14,17,18). The number of sulfonamides is 1. The number of nitrogens with two attached hydrogens (primary N) is 1. The molecular formula is C13H11N2O3S3. The van der Waals surface area contributed by atoms with Gasteiger partial charge in [-0.2, -0.15) is 0 Å². The Morgan fingerprint density at radius 3 is 2.29 bits per heavy atom. The summed E-state index contributed by atoms with van der Waals surface area (Å²) in [5, 5.41) is 7.68. The van der Waals surface area contributed by atoms with E-state index in [1.807, 2.05) is 0 Å². The molecule has 1 radical (unpaired) electrons. The Morgan fingerprint density at radius 2 is 1.71 bits per heavy atom. The van der Waals surface area contributed by atoms with Gasteiger partial charge in [-0.05, 0) is 58.9 Å². The lowest BCUT2D eigenvalue weighted by molar-refractivity contribution is 0.102. The first-order valence-electron chi connectivity index (χ1n) is 5.75. The van der Waals surface area contributed by atoms with E-state index in [1.54, 1.807) is 24.3 Å². The zero-order valence-corrected chi connectivity index (χ0v) is 13.1. The first-order chi connectivity index (χ1) is 9.91. The molecule has 5 nitrogen and oxygen atoms in total. The van der Waals surface area contributed by atoms with Crippen LogP contribution in [-0.4, -0.2) is 14.3 Å². The Morgan fingerprint density at radius 1 is 1.10 bits per heavy atom. The molecule has 8 heteroatoms. The van der Waals surface area contributed by atoms with Crippen LogP contribution in [-0.2, 0) is 10.0 Å². The van der Waals surface area contributed by atoms with Gasteiger partial charge in [-0.25, -0.2) is 13.6 Å². The van der Waals surface area contributed by atoms with Crippen LogP contribution in [0.2, 0.25) is 0 Å². The fraction of sp³-hybridized carbons (Fsp3) is 0. The molecule has 0 aliphatic rings. The lowest BCUT2D eigenvalue weighted by atomic mass is 10.2. The van der Waals surface area contributed by atoms with Crippen LogP contribution in [0.4, 0.5) is 5.69 Å². The van der Waals surface area contributed by atoms with Crippen LogP contribution < -0.4 is 10.5 Å². The van der Waals surface area contributed by atoms with Crippen molar-refractivity contribution in [1.82, 2.24) is 0 Å². The highest BCUT2D eigenvalue weighted by Crippen LogP contribution is 2.26. The molecule has 0 saturated carbocycles. The van der Waals surface area contributed by atoms with E-state index in [0.717, 1.165) is 10.8 Å². The third-order valence-corrected chi connectivity index (χ3v) is 4.67. The Bertz CT molecular complexity index is 758. The fourth-order valence-corrected chi connectivity index (χ4v) is 2.99. The van der Waals surface area contributed by atoms with Crippen molar-refractivity contribution in [1.29, 1.82) is 0 Å². The van der Waals surface area contributed by atoms with E-state index < -0.39 is 10.0 Å². The zero-order valence-electron chi connectivity index (χ0n) is 10.6. The molecule has 0 aliphatic carbocycles. The minimum absolute atomic E-state index is 0.0120. The smallest absolute Gasteiger partial charge is 0.256 e. The molecule has 2 rings (SSSR count). The average molecular weight is 339 g/mol. The zero-order chi connectivity index (χ0) is 15.5. The highest BCUT2D eigenvalue weighted by molar-refractivity contribution is 8.68. The van der Waals surface area contributed by atoms with Gasteiger partial charge in [-0.1, -0.05) is 12.1 Å². The van der Waals surface area contributed by atoms with Gasteiger partial charge >= 0.3 is 0 Å². The molecule has 0 aromatic heterocycles. The number of carbonyl (C=O) groups excluding carboxylic acids is 1. The van der Waals surface area contributed by atoms with Crippen molar-refractivity contribution in [3.05, 3.63) is 54.1 Å². The van der Waals surface area contributed by atoms with Gasteiger partial charge in [0.05, 0.1) is 10.5 Å². The number of nitrogens with one attached hydrogen (secondary N) is 1. The van der Waals surface area contributed by atoms with Crippen LogP contribution in [0.15, 0.2) is 58.3 Å². The van der Waals surface area contributed by atoms with Crippen LogP contribution >= 0.6 is 22.5 Å². The minimum atomic E-state index is -3.74. The molecule has 0 aliphatic heterocycles. The van der Waals surface area contributed by atoms with Crippen LogP contribution in [0.25, 0.3) is 0 Å². The number of amides is 1. The van der Waals surface area contributed by atoms with Crippen LogP contribution in [0.1, 0.15) is 10.4 Å². The lowest BCUT2D eigenvalue weighted by Gasteiger charge is -2.08. The van der Waals surface area contributed by atoms with Gasteiger partial charge in [0.25, 0.3) is 5.91 Å². The molecule has 3 N–H and O–H groups in total. The summed E-state index contributed by atoms with van der Waals surface area (Å²) < 4.78 is 22.3. The Labute approximate surface area is 131 Å². The van der Waals surface area contributed by atoms with Crippen molar-refractivity contribution < 1.29 is 13.2 Å². The van der Waals surface area contributed by atoms with Gasteiger partial charge in [0, 0.05) is 10.6 Å². The highest BCUT2D eigenvalue weighted by atomic mass is 33.1. The molecule has 0 spiro atoms. The number of hydrogen-bond donors (Lipinski definition) is 2. The summed E-state index contributed by atoms with van der Waals surface area (Å²) in [5.74, 6) is -0.314. The third kappa shape index (κ3) is 4.01. The van der Waals surface area contributed by atoms with Gasteiger partial charge in [-0.15, -0.1) is 0 Å². The summed E-state index contributed by atoms with van der Waals surface area (Å²) in [6.45, 7) is 0. The number of benzene rings is 2. The number of rotatable bonds is 4. The second-order valence-electron chi connectivity index (χ2n) is 4.10. The minimum Gasteiger partial charge on any atom is -0.322 e. The Kier molecular flexibility index (Phi) is 4.94. The van der Waals surface area contributed by atoms with E-state index >= 15 is 0 Å². The summed E-state index contributed by atoms with van der Waals surface area (Å²) >= 11 is 4.90. The molecule has 0 fully saturated rings. The Hall–Kier alpha value is -1.48. The molecule has 0 bridgehead atoms. The van der Waals surface area contributed by atoms with E-state index in [4.69, 9.17) is 16.8 Å². The maximum absolute atomic E-state index is 12.2. The number of anilines is 1. The quantitative estimate of drug-likeness (QED) is 0.838. The third-order valence-electron chi connectivity index (χ3n) is 2.66. The summed E-state index contributed by atoms with van der Waals surface area (Å²) in [6.07, 6.45) is 0. The van der Waals surface area contributed by atoms with Gasteiger partial charge in [0.1, 0.15) is 0 Å². The van der Waals surface area contributed by atoms with E-state index in [0.29, 0.717) is 16.1 Å². The second kappa shape index (κ2) is 6.52. The summed E-state index contributed by atoms with van der Waals surface area (Å²) in [7, 11) is -2.67. The molecular weight excluding hydrogens is 328 g/mol. The first-order valence-corrected chi connectivity index (χ1v) is 9.03. The van der Waals surface area contributed by atoms with E-state index in [1.165, 1.54) is 24.3 Å². The molecule has 109 valence electrons. The molecule has 2 aromatic carbocycles. The largest absolute Gasteiger partial charge is 0.322 e. The number of carbonyl (C=O) groups is 1. The van der Waals surface area contributed by atoms with Crippen molar-refractivity contribution in [2.75, 3.05) is 5.32 Å². The van der Waals surface area contributed by atoms with Gasteiger partial charge in [0.15, 0.2) is 0 Å². The predicted molar refractivity (Wildman–Crippen MR) is 85.7 cm³/mol. The van der Waals surface area contributed by atoms with Crippen LogP contribution in [0, 0.1) is 0 Å². The van der Waals surface area contributed by atoms with Crippen molar-refractivity contribution in [2.24, 2.45) is 5.14 Å². The lowest BCUT2D eigenvalue weighted by Crippen LogP contribution is -2.14. The van der Waals surface area contributed by atoms with Crippen LogP contribution in [0.5, 0.6) is 0 Å². The van der Waals surface area contributed by atoms with E-state index in [-0.39, 0.29) is 10.8 Å². The molecule has 2 aromatic rings. The topological polar surface area (TPSA) is 89.3 Å². The normalized spacial score (nSPS) is 11.1. The molecule has 1 amide bonds. The predicted octanol–water partition coefficient (Wildman–Crippen LogP) is 2.79. The van der Waals surface area contributed by atoms with E-state index in [9.17, 15) is 13.2 Å². The maximum atomic E-state index is 12.2. The second-order valence-corrected chi connectivity index (χ2v) is 6.77. The maximum Gasteiger partial charge on any atom is 0.256 e. The summed E-state index contributed by atoms with van der Waals surface area (Å²) in [5.41, 5.74) is 0.935. The molecule has 0 saturated heterocycles. The highest BCUT2D eigenvalue weighted by Gasteiger charge is 2.12. The fourth-order valence-electron chi connectivity index (χ4n) is 1.65. The number of hydrogen-bond acceptors (Lipinski definition) is 4.